The first-order valence-corrected chi connectivity index (χ1v) is 16.7. The Morgan fingerprint density at radius 1 is 1.00 bits per heavy atom. The first-order chi connectivity index (χ1) is 20.8. The molecule has 1 aliphatic carbocycles. The van der Waals surface area contributed by atoms with Crippen LogP contribution in [0.1, 0.15) is 75.5 Å². The van der Waals surface area contributed by atoms with Crippen LogP contribution in [0.5, 0.6) is 0 Å². The Kier molecular flexibility index (Phi) is 11.0. The van der Waals surface area contributed by atoms with Gasteiger partial charge in [-0.05, 0) is 74.2 Å². The van der Waals surface area contributed by atoms with Crippen molar-refractivity contribution in [2.45, 2.75) is 94.9 Å². The fourth-order valence-electron chi connectivity index (χ4n) is 7.49. The van der Waals surface area contributed by atoms with Crippen molar-refractivity contribution in [2.75, 3.05) is 33.7 Å². The number of halogens is 1. The third-order valence-electron chi connectivity index (χ3n) is 9.79. The van der Waals surface area contributed by atoms with E-state index < -0.39 is 0 Å². The molecule has 234 valence electrons. The number of rotatable bonds is 8. The lowest BCUT2D eigenvalue weighted by molar-refractivity contribution is -0.136. The van der Waals surface area contributed by atoms with E-state index in [0.29, 0.717) is 30.6 Å². The summed E-state index contributed by atoms with van der Waals surface area (Å²) in [6.07, 6.45) is 9.16. The molecule has 8 heteroatoms. The molecule has 2 saturated heterocycles. The van der Waals surface area contributed by atoms with Crippen LogP contribution in [0.25, 0.3) is 0 Å². The normalized spacial score (nSPS) is 25.6. The highest BCUT2D eigenvalue weighted by molar-refractivity contribution is 6.30. The van der Waals surface area contributed by atoms with E-state index in [9.17, 15) is 9.59 Å². The van der Waals surface area contributed by atoms with Crippen LogP contribution in [0.4, 0.5) is 4.79 Å². The van der Waals surface area contributed by atoms with Gasteiger partial charge in [0.25, 0.3) is 0 Å². The number of carbonyl (C=O) groups is 2. The zero-order valence-corrected chi connectivity index (χ0v) is 26.9. The Morgan fingerprint density at radius 3 is 2.40 bits per heavy atom. The molecule has 0 bridgehead atoms. The Balaban J connectivity index is 1.29. The van der Waals surface area contributed by atoms with Crippen LogP contribution in [-0.4, -0.2) is 84.5 Å². The van der Waals surface area contributed by atoms with Gasteiger partial charge in [0.15, 0.2) is 0 Å². The van der Waals surface area contributed by atoms with Crippen molar-refractivity contribution in [1.29, 1.82) is 0 Å². The molecular weight excluding hydrogens is 558 g/mol. The number of nitrogens with zero attached hydrogens (tertiary/aromatic N) is 3. The van der Waals surface area contributed by atoms with Gasteiger partial charge >= 0.3 is 6.03 Å². The number of amides is 3. The van der Waals surface area contributed by atoms with Crippen molar-refractivity contribution in [3.63, 3.8) is 0 Å². The summed E-state index contributed by atoms with van der Waals surface area (Å²) in [5.41, 5.74) is 2.40. The largest absolute Gasteiger partial charge is 0.341 e. The molecule has 2 aromatic carbocycles. The van der Waals surface area contributed by atoms with E-state index in [2.05, 4.69) is 57.7 Å². The second-order valence-corrected chi connectivity index (χ2v) is 13.6. The third kappa shape index (κ3) is 8.11. The second kappa shape index (κ2) is 14.9. The van der Waals surface area contributed by atoms with Gasteiger partial charge in [0.05, 0.1) is 6.04 Å². The highest BCUT2D eigenvalue weighted by Crippen LogP contribution is 2.32. The molecule has 3 amide bonds. The van der Waals surface area contributed by atoms with Gasteiger partial charge in [0.2, 0.25) is 5.91 Å². The van der Waals surface area contributed by atoms with E-state index in [-0.39, 0.29) is 42.0 Å². The number of carbonyl (C=O) groups excluding carboxylic acids is 2. The van der Waals surface area contributed by atoms with Gasteiger partial charge in [-0.15, -0.1) is 0 Å². The average Bonchev–Trinajstić information content (AvgIpc) is 3.03. The number of hydrogen-bond acceptors (Lipinski definition) is 4. The number of hydrogen-bond donors (Lipinski definition) is 2. The van der Waals surface area contributed by atoms with Crippen molar-refractivity contribution >= 4 is 23.5 Å². The molecule has 3 fully saturated rings. The van der Waals surface area contributed by atoms with Crippen LogP contribution in [-0.2, 0) is 11.2 Å². The molecule has 0 spiro atoms. The first-order valence-electron chi connectivity index (χ1n) is 16.4. The van der Waals surface area contributed by atoms with Crippen molar-refractivity contribution < 1.29 is 9.59 Å². The number of benzene rings is 2. The Hall–Kier alpha value is -2.61. The van der Waals surface area contributed by atoms with E-state index in [0.717, 1.165) is 44.2 Å². The monoisotopic (exact) mass is 607 g/mol. The Morgan fingerprint density at radius 2 is 1.72 bits per heavy atom. The summed E-state index contributed by atoms with van der Waals surface area (Å²) in [6, 6.07) is 19.2. The summed E-state index contributed by atoms with van der Waals surface area (Å²) in [5.74, 6) is 0.374. The second-order valence-electron chi connectivity index (χ2n) is 13.2. The van der Waals surface area contributed by atoms with Gasteiger partial charge < -0.3 is 25.3 Å². The zero-order chi connectivity index (χ0) is 30.3. The average molecular weight is 608 g/mol. The van der Waals surface area contributed by atoms with Crippen LogP contribution in [0.2, 0.25) is 5.02 Å². The van der Waals surface area contributed by atoms with Crippen molar-refractivity contribution in [2.24, 2.45) is 5.92 Å². The van der Waals surface area contributed by atoms with Crippen molar-refractivity contribution in [1.82, 2.24) is 25.3 Å². The lowest BCUT2D eigenvalue weighted by atomic mass is 9.87. The first kappa shape index (κ1) is 31.8. The van der Waals surface area contributed by atoms with Gasteiger partial charge in [0.1, 0.15) is 0 Å². The van der Waals surface area contributed by atoms with Crippen LogP contribution < -0.4 is 10.6 Å². The molecule has 43 heavy (non-hydrogen) atoms. The molecule has 2 N–H and O–H groups in total. The molecule has 2 heterocycles. The number of piperidine rings is 2. The number of nitrogens with one attached hydrogen (secondary N) is 2. The van der Waals surface area contributed by atoms with E-state index in [1.54, 1.807) is 4.90 Å². The van der Waals surface area contributed by atoms with Gasteiger partial charge in [0, 0.05) is 56.4 Å². The summed E-state index contributed by atoms with van der Waals surface area (Å²) < 4.78 is 0. The highest BCUT2D eigenvalue weighted by atomic mass is 35.5. The standard InChI is InChI=1S/C35H50ClN5O2/c1-25-24-40(21-19-33(25)41(35(43)39(2)3)30-12-8-5-9-13-30)34(42)32(22-26-14-16-28(36)17-15-26)38-29-18-20-37-31(23-29)27-10-6-4-7-11-27/h4,6-7,10-11,14-17,25,29-33,37-38H,5,8-9,12-13,18-24H2,1-3H3/t25?,29?,31?,32-,33?/m0/s1. The molecule has 4 unspecified atom stereocenters. The van der Waals surface area contributed by atoms with Crippen molar-refractivity contribution in [3.8, 4) is 0 Å². The van der Waals surface area contributed by atoms with Crippen LogP contribution in [0, 0.1) is 5.92 Å². The molecule has 3 aliphatic rings. The zero-order valence-electron chi connectivity index (χ0n) is 26.2. The molecule has 0 aromatic heterocycles. The number of urea groups is 1. The molecule has 7 nitrogen and oxygen atoms in total. The quantitative estimate of drug-likeness (QED) is 0.393. The van der Waals surface area contributed by atoms with E-state index in [1.807, 2.05) is 38.4 Å². The summed E-state index contributed by atoms with van der Waals surface area (Å²) in [4.78, 5) is 33.7. The maximum atomic E-state index is 14.3. The lowest BCUT2D eigenvalue weighted by Gasteiger charge is -2.48. The topological polar surface area (TPSA) is 67.9 Å². The maximum absolute atomic E-state index is 14.3. The summed E-state index contributed by atoms with van der Waals surface area (Å²) >= 11 is 6.19. The fraction of sp³-hybridized carbons (Fsp3) is 0.600. The van der Waals surface area contributed by atoms with E-state index in [1.165, 1.54) is 24.8 Å². The SMILES string of the molecule is CC1CN(C(=O)[C@H](Cc2ccc(Cl)cc2)NC2CCNC(c3ccccc3)C2)CCC1N(C(=O)N(C)C)C1CCCCC1. The van der Waals surface area contributed by atoms with Gasteiger partial charge in [-0.25, -0.2) is 4.79 Å². The summed E-state index contributed by atoms with van der Waals surface area (Å²) in [7, 11) is 3.72. The molecule has 0 radical (unpaired) electrons. The van der Waals surface area contributed by atoms with Crippen LogP contribution in [0.15, 0.2) is 54.6 Å². The van der Waals surface area contributed by atoms with E-state index >= 15 is 0 Å². The van der Waals surface area contributed by atoms with E-state index in [4.69, 9.17) is 11.6 Å². The molecule has 5 rings (SSSR count). The molecular formula is C35H50ClN5O2. The summed E-state index contributed by atoms with van der Waals surface area (Å²) in [6.45, 7) is 4.49. The highest BCUT2D eigenvalue weighted by Gasteiger charge is 2.40. The van der Waals surface area contributed by atoms with Gasteiger partial charge in [-0.1, -0.05) is 80.3 Å². The Labute approximate surface area is 263 Å². The predicted octanol–water partition coefficient (Wildman–Crippen LogP) is 5.89. The lowest BCUT2D eigenvalue weighted by Crippen LogP contribution is -2.60. The Bertz CT molecular complexity index is 1190. The molecule has 1 saturated carbocycles. The number of likely N-dealkylation sites (tertiary alicyclic amines) is 1. The smallest absolute Gasteiger partial charge is 0.319 e. The van der Waals surface area contributed by atoms with Crippen molar-refractivity contribution in [3.05, 3.63) is 70.7 Å². The van der Waals surface area contributed by atoms with Gasteiger partial charge in [-0.2, -0.15) is 0 Å². The minimum Gasteiger partial charge on any atom is -0.341 e. The van der Waals surface area contributed by atoms with Gasteiger partial charge in [-0.3, -0.25) is 4.79 Å². The minimum atomic E-state index is -0.317. The molecule has 2 aromatic rings. The fourth-order valence-corrected chi connectivity index (χ4v) is 7.62. The molecule has 5 atom stereocenters. The minimum absolute atomic E-state index is 0.115. The molecule has 2 aliphatic heterocycles. The maximum Gasteiger partial charge on any atom is 0.319 e. The van der Waals surface area contributed by atoms with Crippen LogP contribution in [0.3, 0.4) is 0 Å². The summed E-state index contributed by atoms with van der Waals surface area (Å²) in [5, 5.41) is 8.18. The third-order valence-corrected chi connectivity index (χ3v) is 10.0. The van der Waals surface area contributed by atoms with Crippen LogP contribution >= 0.6 is 11.6 Å². The predicted molar refractivity (Wildman–Crippen MR) is 174 cm³/mol.